The third-order valence-corrected chi connectivity index (χ3v) is 2.92. The van der Waals surface area contributed by atoms with E-state index in [-0.39, 0.29) is 6.61 Å². The van der Waals surface area contributed by atoms with Gasteiger partial charge >= 0.3 is 13.6 Å². The van der Waals surface area contributed by atoms with E-state index in [9.17, 15) is 9.36 Å². The van der Waals surface area contributed by atoms with Crippen LogP contribution in [-0.2, 0) is 23.1 Å². The van der Waals surface area contributed by atoms with Crippen LogP contribution in [0, 0.1) is 5.41 Å². The Hall–Kier alpha value is -0.710. The smallest absolute Gasteiger partial charge is 0.385 e. The third-order valence-electron chi connectivity index (χ3n) is 1.22. The van der Waals surface area contributed by atoms with Crippen LogP contribution in [0.1, 0.15) is 6.92 Å². The second-order valence-electron chi connectivity index (χ2n) is 1.93. The first kappa shape index (κ1) is 12.3. The highest BCUT2D eigenvalue weighted by atomic mass is 31.2. The van der Waals surface area contributed by atoms with E-state index in [4.69, 9.17) is 5.41 Å². The molecule has 0 spiro atoms. The largest absolute Gasteiger partial charge is 0.461 e. The van der Waals surface area contributed by atoms with Gasteiger partial charge in [-0.05, 0) is 6.92 Å². The lowest BCUT2D eigenvalue weighted by Crippen LogP contribution is -2.18. The average Bonchev–Trinajstić information content (AvgIpc) is 2.16. The summed E-state index contributed by atoms with van der Waals surface area (Å²) < 4.78 is 24.7. The second-order valence-corrected chi connectivity index (χ2v) is 4.10. The highest BCUT2D eigenvalue weighted by Gasteiger charge is 2.34. The van der Waals surface area contributed by atoms with Gasteiger partial charge in [0, 0.05) is 14.2 Å². The molecule has 0 aromatic rings. The molecule has 0 atom stereocenters. The maximum atomic E-state index is 11.4. The maximum absolute atomic E-state index is 11.4. The van der Waals surface area contributed by atoms with E-state index in [1.54, 1.807) is 6.92 Å². The molecule has 0 aromatic carbocycles. The molecule has 0 saturated carbocycles. The van der Waals surface area contributed by atoms with Gasteiger partial charge in [0.15, 0.2) is 0 Å². The van der Waals surface area contributed by atoms with Gasteiger partial charge in [-0.15, -0.1) is 0 Å². The summed E-state index contributed by atoms with van der Waals surface area (Å²) in [6.45, 7) is 1.68. The molecule has 6 nitrogen and oxygen atoms in total. The molecule has 0 rings (SSSR count). The molecule has 7 heteroatoms. The quantitative estimate of drug-likeness (QED) is 0.415. The molecule has 0 unspecified atom stereocenters. The summed E-state index contributed by atoms with van der Waals surface area (Å²) >= 11 is 0. The molecule has 76 valence electrons. The maximum Gasteiger partial charge on any atom is 0.385 e. The summed E-state index contributed by atoms with van der Waals surface area (Å²) in [5, 5.41) is 7.16. The normalized spacial score (nSPS) is 11.0. The molecule has 0 aliphatic carbocycles. The SMILES string of the molecule is CCOC(=O)C(=N)P(=O)(OC)OC. The van der Waals surface area contributed by atoms with Gasteiger partial charge in [0.05, 0.1) is 6.61 Å². The molecule has 0 bridgehead atoms. The van der Waals surface area contributed by atoms with Crippen molar-refractivity contribution in [1.29, 1.82) is 5.41 Å². The van der Waals surface area contributed by atoms with Crippen molar-refractivity contribution >= 4 is 19.0 Å². The van der Waals surface area contributed by atoms with Gasteiger partial charge in [-0.2, -0.15) is 0 Å². The van der Waals surface area contributed by atoms with Crippen LogP contribution in [0.25, 0.3) is 0 Å². The highest BCUT2D eigenvalue weighted by molar-refractivity contribution is 7.75. The van der Waals surface area contributed by atoms with E-state index in [0.717, 1.165) is 14.2 Å². The van der Waals surface area contributed by atoms with Crippen LogP contribution in [-0.4, -0.2) is 32.2 Å². The molecule has 0 heterocycles. The molecular formula is C6H12NO5P. The van der Waals surface area contributed by atoms with Crippen LogP contribution in [0.2, 0.25) is 0 Å². The molecule has 0 radical (unpaired) electrons. The van der Waals surface area contributed by atoms with Crippen LogP contribution in [0.15, 0.2) is 0 Å². The summed E-state index contributed by atoms with van der Waals surface area (Å²) in [7, 11) is -1.56. The lowest BCUT2D eigenvalue weighted by atomic mass is 10.7. The third kappa shape index (κ3) is 2.91. The predicted molar refractivity (Wildman–Crippen MR) is 46.0 cm³/mol. The number of carbonyl (C=O) groups excluding carboxylic acids is 1. The fourth-order valence-corrected chi connectivity index (χ4v) is 1.37. The van der Waals surface area contributed by atoms with E-state index >= 15 is 0 Å². The minimum atomic E-state index is -3.75. The first-order valence-corrected chi connectivity index (χ1v) is 5.03. The van der Waals surface area contributed by atoms with Crippen molar-refractivity contribution in [1.82, 2.24) is 0 Å². The Labute approximate surface area is 76.2 Å². The Morgan fingerprint density at radius 3 is 2.15 bits per heavy atom. The monoisotopic (exact) mass is 209 g/mol. The zero-order valence-corrected chi connectivity index (χ0v) is 8.59. The summed E-state index contributed by atoms with van der Waals surface area (Å²) in [6.07, 6.45) is 0. The molecule has 13 heavy (non-hydrogen) atoms. The minimum absolute atomic E-state index is 0.106. The van der Waals surface area contributed by atoms with Gasteiger partial charge in [0.1, 0.15) is 0 Å². The standard InChI is InChI=1S/C6H12NO5P/c1-4-12-6(8)5(7)13(9,10-2)11-3/h7H,4H2,1-3H3. The van der Waals surface area contributed by atoms with Crippen LogP contribution in [0.4, 0.5) is 0 Å². The Morgan fingerprint density at radius 2 is 1.85 bits per heavy atom. The topological polar surface area (TPSA) is 85.7 Å². The van der Waals surface area contributed by atoms with Gasteiger partial charge in [0.25, 0.3) is 0 Å². The number of ether oxygens (including phenoxy) is 1. The number of hydrogen-bond acceptors (Lipinski definition) is 6. The molecule has 0 aliphatic rings. The van der Waals surface area contributed by atoms with Crippen LogP contribution in [0.5, 0.6) is 0 Å². The predicted octanol–water partition coefficient (Wildman–Crippen LogP) is 1.01. The molecular weight excluding hydrogens is 197 g/mol. The van der Waals surface area contributed by atoms with Crippen molar-refractivity contribution in [3.05, 3.63) is 0 Å². The van der Waals surface area contributed by atoms with Crippen LogP contribution in [0.3, 0.4) is 0 Å². The van der Waals surface area contributed by atoms with Crippen molar-refractivity contribution < 1.29 is 23.1 Å². The summed E-state index contributed by atoms with van der Waals surface area (Å²) in [5.74, 6) is -0.991. The van der Waals surface area contributed by atoms with E-state index < -0.39 is 19.0 Å². The molecule has 0 aromatic heterocycles. The molecule has 0 saturated heterocycles. The van der Waals surface area contributed by atoms with Crippen molar-refractivity contribution in [2.75, 3.05) is 20.8 Å². The fourth-order valence-electron chi connectivity index (χ4n) is 0.568. The summed E-state index contributed by atoms with van der Waals surface area (Å²) in [5.41, 5.74) is -0.792. The minimum Gasteiger partial charge on any atom is -0.461 e. The van der Waals surface area contributed by atoms with E-state index in [2.05, 4.69) is 13.8 Å². The number of esters is 1. The Morgan fingerprint density at radius 1 is 1.38 bits per heavy atom. The lowest BCUT2D eigenvalue weighted by Gasteiger charge is -2.12. The second kappa shape index (κ2) is 5.11. The van der Waals surface area contributed by atoms with Crippen molar-refractivity contribution in [3.63, 3.8) is 0 Å². The summed E-state index contributed by atoms with van der Waals surface area (Å²) in [4.78, 5) is 10.9. The first-order valence-electron chi connectivity index (χ1n) is 3.49. The molecule has 0 amide bonds. The van der Waals surface area contributed by atoms with Crippen molar-refractivity contribution in [2.45, 2.75) is 6.92 Å². The lowest BCUT2D eigenvalue weighted by molar-refractivity contribution is -0.134. The van der Waals surface area contributed by atoms with Gasteiger partial charge in [-0.1, -0.05) is 0 Å². The van der Waals surface area contributed by atoms with Gasteiger partial charge in [-0.3, -0.25) is 9.97 Å². The summed E-state index contributed by atoms with van der Waals surface area (Å²) in [6, 6.07) is 0. The molecule has 0 fully saturated rings. The first-order chi connectivity index (χ1) is 6.01. The van der Waals surface area contributed by atoms with E-state index in [1.165, 1.54) is 0 Å². The van der Waals surface area contributed by atoms with Crippen LogP contribution >= 0.6 is 7.60 Å². The Kier molecular flexibility index (Phi) is 4.83. The van der Waals surface area contributed by atoms with Gasteiger partial charge in [0.2, 0.25) is 5.45 Å². The number of nitrogens with one attached hydrogen (secondary N) is 1. The van der Waals surface area contributed by atoms with Crippen molar-refractivity contribution in [2.24, 2.45) is 0 Å². The Balaban J connectivity index is 4.57. The van der Waals surface area contributed by atoms with Gasteiger partial charge < -0.3 is 13.8 Å². The molecule has 1 N–H and O–H groups in total. The average molecular weight is 209 g/mol. The Bertz CT molecular complexity index is 243. The zero-order chi connectivity index (χ0) is 10.5. The fraction of sp³-hybridized carbons (Fsp3) is 0.667. The zero-order valence-electron chi connectivity index (χ0n) is 7.70. The van der Waals surface area contributed by atoms with Crippen LogP contribution < -0.4 is 0 Å². The number of carbonyl (C=O) groups is 1. The van der Waals surface area contributed by atoms with E-state index in [0.29, 0.717) is 0 Å². The number of hydrogen-bond donors (Lipinski definition) is 1. The number of rotatable bonds is 5. The van der Waals surface area contributed by atoms with Gasteiger partial charge in [-0.25, -0.2) is 4.79 Å². The van der Waals surface area contributed by atoms with E-state index in [1.807, 2.05) is 0 Å². The highest BCUT2D eigenvalue weighted by Crippen LogP contribution is 2.47. The van der Waals surface area contributed by atoms with Crippen molar-refractivity contribution in [3.8, 4) is 0 Å². The molecule has 0 aliphatic heterocycles.